The lowest BCUT2D eigenvalue weighted by Gasteiger charge is -2.07. The Morgan fingerprint density at radius 2 is 1.84 bits per heavy atom. The van der Waals surface area contributed by atoms with Crippen molar-refractivity contribution in [3.8, 4) is 22.8 Å². The van der Waals surface area contributed by atoms with Crippen LogP contribution < -0.4 is 9.54 Å². The highest BCUT2D eigenvalue weighted by molar-refractivity contribution is 7.07. The van der Waals surface area contributed by atoms with Gasteiger partial charge in [0.15, 0.2) is 11.5 Å². The van der Waals surface area contributed by atoms with Crippen LogP contribution in [0.1, 0.15) is 5.56 Å². The summed E-state index contributed by atoms with van der Waals surface area (Å²) < 4.78 is 6.87. The van der Waals surface area contributed by atoms with E-state index in [2.05, 4.69) is 5.10 Å². The third-order valence-corrected chi connectivity index (χ3v) is 5.80. The number of para-hydroxylation sites is 2. The Labute approximate surface area is 193 Å². The van der Waals surface area contributed by atoms with Crippen LogP contribution in [0.2, 0.25) is 10.0 Å². The van der Waals surface area contributed by atoms with Gasteiger partial charge in [-0.2, -0.15) is 5.10 Å². The van der Waals surface area contributed by atoms with E-state index in [-0.39, 0.29) is 5.75 Å². The molecule has 1 heterocycles. The Bertz CT molecular complexity index is 1310. The summed E-state index contributed by atoms with van der Waals surface area (Å²) in [7, 11) is 1.50. The Kier molecular flexibility index (Phi) is 6.42. The van der Waals surface area contributed by atoms with Crippen LogP contribution in [0.3, 0.4) is 0 Å². The normalized spacial score (nSPS) is 11.9. The van der Waals surface area contributed by atoms with Gasteiger partial charge in [0.25, 0.3) is 0 Å². The molecule has 31 heavy (non-hydrogen) atoms. The zero-order chi connectivity index (χ0) is 21.8. The molecule has 0 saturated carbocycles. The molecule has 4 rings (SSSR count). The van der Waals surface area contributed by atoms with E-state index >= 15 is 0 Å². The standard InChI is InChI=1S/C23H17Cl2N3O2S/c1-30-21-9-5-6-15(22(21)29)13-26-28-20(18-11-10-16(24)12-19(18)25)14-31-23(28)27-17-7-3-2-4-8-17/h2-14,29H,1H3. The topological polar surface area (TPSA) is 59.1 Å². The van der Waals surface area contributed by atoms with Crippen LogP contribution in [0.15, 0.2) is 82.2 Å². The first-order valence-corrected chi connectivity index (χ1v) is 10.9. The summed E-state index contributed by atoms with van der Waals surface area (Å²) in [6, 6.07) is 20.1. The van der Waals surface area contributed by atoms with E-state index in [9.17, 15) is 5.11 Å². The second kappa shape index (κ2) is 9.39. The number of aromatic hydroxyl groups is 1. The molecule has 0 aliphatic carbocycles. The number of nitrogens with zero attached hydrogens (tertiary/aromatic N) is 3. The Balaban J connectivity index is 1.88. The van der Waals surface area contributed by atoms with Crippen LogP contribution in [0.5, 0.6) is 11.5 Å². The SMILES string of the molecule is COc1cccc(C=Nn2c(-c3ccc(Cl)cc3Cl)csc2=Nc2ccccc2)c1O. The van der Waals surface area contributed by atoms with Crippen LogP contribution in [0.25, 0.3) is 11.3 Å². The molecule has 0 aliphatic rings. The van der Waals surface area contributed by atoms with E-state index < -0.39 is 0 Å². The molecule has 1 aromatic heterocycles. The molecule has 1 N–H and O–H groups in total. The summed E-state index contributed by atoms with van der Waals surface area (Å²) in [5.74, 6) is 0.381. The van der Waals surface area contributed by atoms with E-state index in [0.29, 0.717) is 26.2 Å². The van der Waals surface area contributed by atoms with Crippen LogP contribution in [-0.2, 0) is 0 Å². The predicted molar refractivity (Wildman–Crippen MR) is 127 cm³/mol. The summed E-state index contributed by atoms with van der Waals surface area (Å²) in [6.45, 7) is 0. The van der Waals surface area contributed by atoms with Crippen molar-refractivity contribution in [1.82, 2.24) is 4.68 Å². The highest BCUT2D eigenvalue weighted by atomic mass is 35.5. The Hall–Kier alpha value is -3.06. The molecule has 0 fully saturated rings. The van der Waals surface area contributed by atoms with Crippen molar-refractivity contribution < 1.29 is 9.84 Å². The van der Waals surface area contributed by atoms with Gasteiger partial charge in [-0.05, 0) is 42.5 Å². The van der Waals surface area contributed by atoms with Crippen molar-refractivity contribution in [1.29, 1.82) is 0 Å². The monoisotopic (exact) mass is 469 g/mol. The maximum atomic E-state index is 10.4. The van der Waals surface area contributed by atoms with Crippen molar-refractivity contribution in [3.05, 3.63) is 92.5 Å². The number of phenols is 1. The second-order valence-electron chi connectivity index (χ2n) is 6.43. The van der Waals surface area contributed by atoms with Gasteiger partial charge in [0, 0.05) is 21.5 Å². The lowest BCUT2D eigenvalue weighted by Crippen LogP contribution is -2.11. The molecule has 0 radical (unpaired) electrons. The number of benzene rings is 3. The number of ether oxygens (including phenoxy) is 1. The summed E-state index contributed by atoms with van der Waals surface area (Å²) >= 11 is 14.0. The van der Waals surface area contributed by atoms with Gasteiger partial charge in [-0.15, -0.1) is 11.3 Å². The number of rotatable bonds is 5. The largest absolute Gasteiger partial charge is 0.504 e. The van der Waals surface area contributed by atoms with Gasteiger partial charge < -0.3 is 9.84 Å². The molecule has 0 spiro atoms. The molecular formula is C23H17Cl2N3O2S. The molecule has 4 aromatic rings. The van der Waals surface area contributed by atoms with Gasteiger partial charge in [-0.25, -0.2) is 9.67 Å². The highest BCUT2D eigenvalue weighted by Gasteiger charge is 2.12. The quantitative estimate of drug-likeness (QED) is 0.346. The van der Waals surface area contributed by atoms with Gasteiger partial charge in [0.2, 0.25) is 4.80 Å². The minimum Gasteiger partial charge on any atom is -0.504 e. The van der Waals surface area contributed by atoms with Crippen LogP contribution in [0, 0.1) is 0 Å². The smallest absolute Gasteiger partial charge is 0.211 e. The number of hydrogen-bond acceptors (Lipinski definition) is 5. The van der Waals surface area contributed by atoms with E-state index in [1.165, 1.54) is 18.4 Å². The van der Waals surface area contributed by atoms with E-state index in [1.54, 1.807) is 41.2 Å². The third kappa shape index (κ3) is 4.66. The van der Waals surface area contributed by atoms with Gasteiger partial charge in [0.05, 0.1) is 29.7 Å². The number of halogens is 2. The van der Waals surface area contributed by atoms with Crippen LogP contribution in [-0.4, -0.2) is 23.1 Å². The summed E-state index contributed by atoms with van der Waals surface area (Å²) in [5, 5.41) is 18.0. The number of thiazole rings is 1. The third-order valence-electron chi connectivity index (χ3n) is 4.44. The van der Waals surface area contributed by atoms with Crippen LogP contribution >= 0.6 is 34.5 Å². The van der Waals surface area contributed by atoms with Crippen molar-refractivity contribution in [2.75, 3.05) is 7.11 Å². The van der Waals surface area contributed by atoms with Gasteiger partial charge in [-0.1, -0.05) is 47.5 Å². The first-order chi connectivity index (χ1) is 15.1. The summed E-state index contributed by atoms with van der Waals surface area (Å²) in [4.78, 5) is 5.36. The Morgan fingerprint density at radius 3 is 2.58 bits per heavy atom. The molecule has 0 amide bonds. The molecule has 0 unspecified atom stereocenters. The zero-order valence-corrected chi connectivity index (χ0v) is 18.7. The first kappa shape index (κ1) is 21.2. The molecule has 5 nitrogen and oxygen atoms in total. The van der Waals surface area contributed by atoms with Crippen LogP contribution in [0.4, 0.5) is 5.69 Å². The molecule has 0 atom stereocenters. The minimum atomic E-state index is 0.0113. The molecule has 3 aromatic carbocycles. The molecule has 0 saturated heterocycles. The first-order valence-electron chi connectivity index (χ1n) is 9.23. The fourth-order valence-corrected chi connectivity index (χ4v) is 4.27. The molecular weight excluding hydrogens is 453 g/mol. The molecule has 0 aliphatic heterocycles. The fourth-order valence-electron chi connectivity index (χ4n) is 2.91. The maximum Gasteiger partial charge on any atom is 0.211 e. The van der Waals surface area contributed by atoms with Crippen molar-refractivity contribution in [2.24, 2.45) is 10.1 Å². The maximum absolute atomic E-state index is 10.4. The number of aromatic nitrogens is 1. The van der Waals surface area contributed by atoms with Crippen molar-refractivity contribution in [2.45, 2.75) is 0 Å². The van der Waals surface area contributed by atoms with E-state index in [1.807, 2.05) is 41.8 Å². The van der Waals surface area contributed by atoms with Gasteiger partial charge >= 0.3 is 0 Å². The highest BCUT2D eigenvalue weighted by Crippen LogP contribution is 2.31. The lowest BCUT2D eigenvalue weighted by atomic mass is 10.2. The average Bonchev–Trinajstić information content (AvgIpc) is 3.16. The average molecular weight is 470 g/mol. The summed E-state index contributed by atoms with van der Waals surface area (Å²) in [5.41, 5.74) is 2.83. The molecule has 156 valence electrons. The van der Waals surface area contributed by atoms with Crippen molar-refractivity contribution in [3.63, 3.8) is 0 Å². The van der Waals surface area contributed by atoms with Crippen molar-refractivity contribution >= 4 is 46.4 Å². The van der Waals surface area contributed by atoms with E-state index in [4.69, 9.17) is 32.9 Å². The summed E-state index contributed by atoms with van der Waals surface area (Å²) in [6.07, 6.45) is 1.56. The number of methoxy groups -OCH3 is 1. The number of phenolic OH excluding ortho intramolecular Hbond substituents is 1. The molecule has 8 heteroatoms. The van der Waals surface area contributed by atoms with E-state index in [0.717, 1.165) is 16.9 Å². The predicted octanol–water partition coefficient (Wildman–Crippen LogP) is 6.35. The Morgan fingerprint density at radius 1 is 1.03 bits per heavy atom. The number of hydrogen-bond donors (Lipinski definition) is 1. The second-order valence-corrected chi connectivity index (χ2v) is 8.11. The molecule has 0 bridgehead atoms. The lowest BCUT2D eigenvalue weighted by molar-refractivity contribution is 0.373. The fraction of sp³-hybridized carbons (Fsp3) is 0.0435. The van der Waals surface area contributed by atoms with Gasteiger partial charge in [-0.3, -0.25) is 0 Å². The van der Waals surface area contributed by atoms with Gasteiger partial charge in [0.1, 0.15) is 0 Å². The minimum absolute atomic E-state index is 0.0113. The zero-order valence-electron chi connectivity index (χ0n) is 16.4.